The fourth-order valence-corrected chi connectivity index (χ4v) is 3.30. The monoisotopic (exact) mass is 359 g/mol. The molecular formula is C19H25N3O4. The molecule has 0 saturated carbocycles. The Labute approximate surface area is 151 Å². The van der Waals surface area contributed by atoms with E-state index in [-0.39, 0.29) is 30.2 Å². The van der Waals surface area contributed by atoms with E-state index in [4.69, 9.17) is 4.74 Å². The minimum Gasteiger partial charge on any atom is -0.376 e. The van der Waals surface area contributed by atoms with Crippen LogP contribution < -0.4 is 16.6 Å². The average molecular weight is 359 g/mol. The molecule has 1 aliphatic rings. The van der Waals surface area contributed by atoms with E-state index >= 15 is 0 Å². The van der Waals surface area contributed by atoms with Crippen molar-refractivity contribution in [3.8, 4) is 0 Å². The van der Waals surface area contributed by atoms with Gasteiger partial charge < -0.3 is 10.1 Å². The van der Waals surface area contributed by atoms with Crippen LogP contribution in [0.25, 0.3) is 10.9 Å². The van der Waals surface area contributed by atoms with Gasteiger partial charge in [0, 0.05) is 19.2 Å². The van der Waals surface area contributed by atoms with Crippen molar-refractivity contribution in [3.05, 3.63) is 45.1 Å². The number of hydrogen-bond acceptors (Lipinski definition) is 4. The van der Waals surface area contributed by atoms with Crippen molar-refractivity contribution in [1.82, 2.24) is 14.5 Å². The molecule has 26 heavy (non-hydrogen) atoms. The Kier molecular flexibility index (Phi) is 5.56. The maximum atomic E-state index is 12.9. The SMILES string of the molecule is CC[C@H](C)n1c(=O)c2ccccc2n(CC(=O)NC[C@@H]2CCCO2)c1=O. The van der Waals surface area contributed by atoms with E-state index in [0.29, 0.717) is 23.9 Å². The molecule has 1 aromatic heterocycles. The van der Waals surface area contributed by atoms with E-state index in [9.17, 15) is 14.4 Å². The fourth-order valence-electron chi connectivity index (χ4n) is 3.30. The van der Waals surface area contributed by atoms with Crippen LogP contribution in [-0.2, 0) is 16.1 Å². The molecule has 0 spiro atoms. The number of rotatable bonds is 6. The maximum absolute atomic E-state index is 12.9. The van der Waals surface area contributed by atoms with Crippen molar-refractivity contribution >= 4 is 16.8 Å². The van der Waals surface area contributed by atoms with Crippen molar-refractivity contribution in [2.24, 2.45) is 0 Å². The lowest BCUT2D eigenvalue weighted by atomic mass is 10.2. The minimum atomic E-state index is -0.449. The van der Waals surface area contributed by atoms with Crippen LogP contribution in [0, 0.1) is 0 Å². The van der Waals surface area contributed by atoms with Gasteiger partial charge in [-0.3, -0.25) is 18.7 Å². The maximum Gasteiger partial charge on any atom is 0.332 e. The van der Waals surface area contributed by atoms with Gasteiger partial charge in [-0.05, 0) is 38.3 Å². The lowest BCUT2D eigenvalue weighted by Crippen LogP contribution is -2.44. The van der Waals surface area contributed by atoms with Crippen molar-refractivity contribution in [2.75, 3.05) is 13.2 Å². The predicted octanol–water partition coefficient (Wildman–Crippen LogP) is 1.43. The van der Waals surface area contributed by atoms with Crippen LogP contribution in [0.3, 0.4) is 0 Å². The molecule has 7 nitrogen and oxygen atoms in total. The molecule has 1 saturated heterocycles. The fraction of sp³-hybridized carbons (Fsp3) is 0.526. The number of carbonyl (C=O) groups is 1. The molecule has 2 aromatic rings. The summed E-state index contributed by atoms with van der Waals surface area (Å²) >= 11 is 0. The van der Waals surface area contributed by atoms with Crippen molar-refractivity contribution in [2.45, 2.75) is 51.8 Å². The molecule has 1 aromatic carbocycles. The Balaban J connectivity index is 1.94. The van der Waals surface area contributed by atoms with E-state index in [2.05, 4.69) is 5.32 Å². The van der Waals surface area contributed by atoms with Crippen LogP contribution in [0.2, 0.25) is 0 Å². The Morgan fingerprint density at radius 1 is 1.35 bits per heavy atom. The normalized spacial score (nSPS) is 18.2. The lowest BCUT2D eigenvalue weighted by Gasteiger charge is -2.18. The highest BCUT2D eigenvalue weighted by atomic mass is 16.5. The third-order valence-electron chi connectivity index (χ3n) is 4.97. The van der Waals surface area contributed by atoms with Crippen LogP contribution in [0.1, 0.15) is 39.2 Å². The summed E-state index contributed by atoms with van der Waals surface area (Å²) < 4.78 is 8.13. The Bertz CT molecular complexity index is 909. The molecule has 1 N–H and O–H groups in total. The first kappa shape index (κ1) is 18.4. The molecule has 2 atom stereocenters. The highest BCUT2D eigenvalue weighted by Crippen LogP contribution is 2.12. The van der Waals surface area contributed by atoms with Crippen LogP contribution in [0.15, 0.2) is 33.9 Å². The Hall–Kier alpha value is -2.41. The van der Waals surface area contributed by atoms with Gasteiger partial charge in [0.2, 0.25) is 5.91 Å². The Morgan fingerprint density at radius 3 is 2.81 bits per heavy atom. The number of ether oxygens (including phenoxy) is 1. The van der Waals surface area contributed by atoms with E-state index in [1.54, 1.807) is 24.3 Å². The van der Waals surface area contributed by atoms with E-state index < -0.39 is 5.69 Å². The molecule has 0 unspecified atom stereocenters. The van der Waals surface area contributed by atoms with Crippen LogP contribution in [-0.4, -0.2) is 34.3 Å². The van der Waals surface area contributed by atoms with Gasteiger partial charge >= 0.3 is 5.69 Å². The number of fused-ring (bicyclic) bond motifs is 1. The highest BCUT2D eigenvalue weighted by Gasteiger charge is 2.19. The van der Waals surface area contributed by atoms with Gasteiger partial charge in [-0.15, -0.1) is 0 Å². The molecule has 7 heteroatoms. The molecule has 2 heterocycles. The third kappa shape index (κ3) is 3.58. The highest BCUT2D eigenvalue weighted by molar-refractivity contribution is 5.81. The summed E-state index contributed by atoms with van der Waals surface area (Å²) in [7, 11) is 0. The number of benzene rings is 1. The first-order valence-electron chi connectivity index (χ1n) is 9.15. The molecular weight excluding hydrogens is 334 g/mol. The molecule has 1 amide bonds. The van der Waals surface area contributed by atoms with E-state index in [1.807, 2.05) is 13.8 Å². The van der Waals surface area contributed by atoms with Gasteiger partial charge in [0.25, 0.3) is 5.56 Å². The zero-order valence-corrected chi connectivity index (χ0v) is 15.2. The van der Waals surface area contributed by atoms with E-state index in [1.165, 1.54) is 9.13 Å². The van der Waals surface area contributed by atoms with Gasteiger partial charge in [0.1, 0.15) is 6.54 Å². The number of aromatic nitrogens is 2. The second-order valence-electron chi connectivity index (χ2n) is 6.76. The molecule has 140 valence electrons. The zero-order chi connectivity index (χ0) is 18.7. The van der Waals surface area contributed by atoms with E-state index in [0.717, 1.165) is 19.4 Å². The van der Waals surface area contributed by atoms with Crippen LogP contribution >= 0.6 is 0 Å². The number of nitrogens with one attached hydrogen (secondary N) is 1. The molecule has 0 radical (unpaired) electrons. The predicted molar refractivity (Wildman–Crippen MR) is 99.5 cm³/mol. The second kappa shape index (κ2) is 7.86. The van der Waals surface area contributed by atoms with Gasteiger partial charge in [-0.1, -0.05) is 19.1 Å². The number of amides is 1. The van der Waals surface area contributed by atoms with Gasteiger partial charge in [0.05, 0.1) is 17.0 Å². The summed E-state index contributed by atoms with van der Waals surface area (Å²) in [5, 5.41) is 3.28. The topological polar surface area (TPSA) is 82.3 Å². The first-order chi connectivity index (χ1) is 12.5. The molecule has 1 fully saturated rings. The van der Waals surface area contributed by atoms with Crippen molar-refractivity contribution in [3.63, 3.8) is 0 Å². The number of nitrogens with zero attached hydrogens (tertiary/aromatic N) is 2. The minimum absolute atomic E-state index is 0.0430. The summed E-state index contributed by atoms with van der Waals surface area (Å²) in [6.07, 6.45) is 2.63. The third-order valence-corrected chi connectivity index (χ3v) is 4.97. The molecule has 0 aliphatic carbocycles. The standard InChI is InChI=1S/C19H25N3O4/c1-3-13(2)22-18(24)15-8-4-5-9-16(15)21(19(22)25)12-17(23)20-11-14-7-6-10-26-14/h4-5,8-9,13-14H,3,6-7,10-12H2,1-2H3,(H,20,23)/t13-,14-/m0/s1. The van der Waals surface area contributed by atoms with Gasteiger partial charge in [0.15, 0.2) is 0 Å². The largest absolute Gasteiger partial charge is 0.376 e. The number of para-hydroxylation sites is 1. The van der Waals surface area contributed by atoms with Crippen molar-refractivity contribution < 1.29 is 9.53 Å². The summed E-state index contributed by atoms with van der Waals surface area (Å²) in [5.74, 6) is -0.262. The summed E-state index contributed by atoms with van der Waals surface area (Å²) in [5.41, 5.74) is -0.277. The molecule has 1 aliphatic heterocycles. The average Bonchev–Trinajstić information content (AvgIpc) is 3.17. The Morgan fingerprint density at radius 2 is 2.12 bits per heavy atom. The zero-order valence-electron chi connectivity index (χ0n) is 15.2. The number of hydrogen-bond donors (Lipinski definition) is 1. The molecule has 0 bridgehead atoms. The summed E-state index contributed by atoms with van der Waals surface area (Å²) in [6.45, 7) is 4.80. The first-order valence-corrected chi connectivity index (χ1v) is 9.15. The molecule has 3 rings (SSSR count). The quantitative estimate of drug-likeness (QED) is 0.846. The summed E-state index contributed by atoms with van der Waals surface area (Å²) in [6, 6.07) is 6.68. The van der Waals surface area contributed by atoms with Crippen molar-refractivity contribution in [1.29, 1.82) is 0 Å². The van der Waals surface area contributed by atoms with Gasteiger partial charge in [-0.25, -0.2) is 4.79 Å². The lowest BCUT2D eigenvalue weighted by molar-refractivity contribution is -0.122. The van der Waals surface area contributed by atoms with Crippen LogP contribution in [0.5, 0.6) is 0 Å². The number of carbonyl (C=O) groups excluding carboxylic acids is 1. The van der Waals surface area contributed by atoms with Gasteiger partial charge in [-0.2, -0.15) is 0 Å². The summed E-state index contributed by atoms with van der Waals surface area (Å²) in [4.78, 5) is 38.0. The van der Waals surface area contributed by atoms with Crippen LogP contribution in [0.4, 0.5) is 0 Å². The smallest absolute Gasteiger partial charge is 0.332 e. The second-order valence-corrected chi connectivity index (χ2v) is 6.76.